The number of nitrogens with two attached hydrogens (primary N) is 1. The van der Waals surface area contributed by atoms with Gasteiger partial charge in [0.25, 0.3) is 0 Å². The van der Waals surface area contributed by atoms with Crippen LogP contribution in [0, 0.1) is 5.92 Å². The van der Waals surface area contributed by atoms with Crippen molar-refractivity contribution < 1.29 is 8.42 Å². The smallest absolute Gasteiger partial charge is 0.244 e. The van der Waals surface area contributed by atoms with Crippen molar-refractivity contribution in [2.75, 3.05) is 13.6 Å². The van der Waals surface area contributed by atoms with Gasteiger partial charge in [-0.1, -0.05) is 0 Å². The predicted molar refractivity (Wildman–Crippen MR) is 65.8 cm³/mol. The van der Waals surface area contributed by atoms with Crippen LogP contribution in [0.5, 0.6) is 0 Å². The molecule has 1 aromatic rings. The summed E-state index contributed by atoms with van der Waals surface area (Å²) in [6.07, 6.45) is 3.91. The van der Waals surface area contributed by atoms with Crippen LogP contribution in [0.15, 0.2) is 17.2 Å². The topological polar surface area (TPSA) is 68.3 Å². The molecule has 0 unspecified atom stereocenters. The zero-order valence-electron chi connectivity index (χ0n) is 10.3. The number of rotatable bonds is 5. The van der Waals surface area contributed by atoms with Gasteiger partial charge < -0.3 is 10.3 Å². The highest BCUT2D eigenvalue weighted by molar-refractivity contribution is 7.89. The third-order valence-electron chi connectivity index (χ3n) is 3.21. The Bertz CT molecular complexity index is 503. The SMILES string of the molecule is CN(CC1CC1)S(=O)(=O)c1cc(CN)n(C)c1. The highest BCUT2D eigenvalue weighted by Gasteiger charge is 2.29. The minimum atomic E-state index is -3.35. The van der Waals surface area contributed by atoms with E-state index in [1.165, 1.54) is 4.31 Å². The molecule has 6 heteroatoms. The Kier molecular flexibility index (Phi) is 3.29. The molecular weight excluding hydrogens is 238 g/mol. The summed E-state index contributed by atoms with van der Waals surface area (Å²) < 4.78 is 27.7. The molecule has 1 aliphatic rings. The summed E-state index contributed by atoms with van der Waals surface area (Å²) in [6.45, 7) is 0.966. The lowest BCUT2D eigenvalue weighted by atomic mass is 10.4. The first-order valence-corrected chi connectivity index (χ1v) is 7.21. The second-order valence-corrected chi connectivity index (χ2v) is 6.76. The third-order valence-corrected chi connectivity index (χ3v) is 5.00. The number of aromatic nitrogens is 1. The summed E-state index contributed by atoms with van der Waals surface area (Å²) in [7, 11) is 0.100. The van der Waals surface area contributed by atoms with E-state index < -0.39 is 10.0 Å². The van der Waals surface area contributed by atoms with Crippen LogP contribution >= 0.6 is 0 Å². The monoisotopic (exact) mass is 257 g/mol. The van der Waals surface area contributed by atoms with Crippen molar-refractivity contribution in [3.05, 3.63) is 18.0 Å². The summed E-state index contributed by atoms with van der Waals surface area (Å²) in [5.74, 6) is 0.549. The molecule has 1 saturated carbocycles. The van der Waals surface area contributed by atoms with E-state index >= 15 is 0 Å². The molecule has 2 N–H and O–H groups in total. The largest absolute Gasteiger partial charge is 0.352 e. The van der Waals surface area contributed by atoms with E-state index in [1.54, 1.807) is 23.9 Å². The first-order chi connectivity index (χ1) is 7.95. The van der Waals surface area contributed by atoms with Gasteiger partial charge >= 0.3 is 0 Å². The van der Waals surface area contributed by atoms with Crippen molar-refractivity contribution in [3.8, 4) is 0 Å². The molecule has 0 aliphatic heterocycles. The lowest BCUT2D eigenvalue weighted by Gasteiger charge is -2.15. The van der Waals surface area contributed by atoms with Crippen LogP contribution in [-0.4, -0.2) is 30.9 Å². The zero-order valence-corrected chi connectivity index (χ0v) is 11.1. The average molecular weight is 257 g/mol. The zero-order chi connectivity index (χ0) is 12.6. The lowest BCUT2D eigenvalue weighted by Crippen LogP contribution is -2.28. The summed E-state index contributed by atoms with van der Waals surface area (Å²) in [5.41, 5.74) is 6.37. The van der Waals surface area contributed by atoms with Gasteiger partial charge in [0.05, 0.1) is 0 Å². The Morgan fingerprint density at radius 2 is 2.18 bits per heavy atom. The van der Waals surface area contributed by atoms with Gasteiger partial charge in [0.2, 0.25) is 10.0 Å². The molecule has 1 fully saturated rings. The van der Waals surface area contributed by atoms with Crippen LogP contribution in [0.3, 0.4) is 0 Å². The molecule has 5 nitrogen and oxygen atoms in total. The molecule has 0 spiro atoms. The van der Waals surface area contributed by atoms with Crippen LogP contribution in [0.2, 0.25) is 0 Å². The minimum Gasteiger partial charge on any atom is -0.352 e. The third kappa shape index (κ3) is 2.53. The molecule has 1 heterocycles. The quantitative estimate of drug-likeness (QED) is 0.836. The summed E-state index contributed by atoms with van der Waals surface area (Å²) >= 11 is 0. The Morgan fingerprint density at radius 3 is 2.65 bits per heavy atom. The molecule has 0 radical (unpaired) electrons. The molecule has 0 amide bonds. The molecule has 0 atom stereocenters. The number of sulfonamides is 1. The van der Waals surface area contributed by atoms with E-state index in [-0.39, 0.29) is 0 Å². The van der Waals surface area contributed by atoms with E-state index in [9.17, 15) is 8.42 Å². The molecule has 0 aromatic carbocycles. The summed E-state index contributed by atoms with van der Waals surface area (Å²) in [5, 5.41) is 0. The maximum absolute atomic E-state index is 12.2. The Labute approximate surface area is 102 Å². The first-order valence-electron chi connectivity index (χ1n) is 5.77. The highest BCUT2D eigenvalue weighted by atomic mass is 32.2. The average Bonchev–Trinajstić information content (AvgIpc) is 2.99. The van der Waals surface area contributed by atoms with Gasteiger partial charge in [-0.15, -0.1) is 0 Å². The van der Waals surface area contributed by atoms with Gasteiger partial charge in [0.15, 0.2) is 0 Å². The number of hydrogen-bond acceptors (Lipinski definition) is 3. The second kappa shape index (κ2) is 4.44. The Morgan fingerprint density at radius 1 is 1.53 bits per heavy atom. The number of hydrogen-bond donors (Lipinski definition) is 1. The van der Waals surface area contributed by atoms with Crippen LogP contribution in [-0.2, 0) is 23.6 Å². The van der Waals surface area contributed by atoms with Gasteiger partial charge in [-0.2, -0.15) is 0 Å². The van der Waals surface area contributed by atoms with E-state index in [0.717, 1.165) is 18.5 Å². The predicted octanol–water partition coefficient (Wildman–Crippen LogP) is 0.514. The van der Waals surface area contributed by atoms with Gasteiger partial charge in [0, 0.05) is 39.1 Å². The van der Waals surface area contributed by atoms with Gasteiger partial charge in [0.1, 0.15) is 4.90 Å². The molecule has 0 bridgehead atoms. The standard InChI is InChI=1S/C11H19N3O2S/c1-13-8-11(5-10(13)6-12)17(15,16)14(2)7-9-3-4-9/h5,8-9H,3-4,6-7,12H2,1-2H3. The van der Waals surface area contributed by atoms with Crippen molar-refractivity contribution in [2.24, 2.45) is 18.7 Å². The molecule has 17 heavy (non-hydrogen) atoms. The van der Waals surface area contributed by atoms with Gasteiger partial charge in [-0.25, -0.2) is 12.7 Å². The van der Waals surface area contributed by atoms with Crippen LogP contribution in [0.25, 0.3) is 0 Å². The van der Waals surface area contributed by atoms with Gasteiger partial charge in [-0.3, -0.25) is 0 Å². The maximum atomic E-state index is 12.2. The van der Waals surface area contributed by atoms with Crippen molar-refractivity contribution in [1.29, 1.82) is 0 Å². The molecular formula is C11H19N3O2S. The fourth-order valence-corrected chi connectivity index (χ4v) is 3.21. The fourth-order valence-electron chi connectivity index (χ4n) is 1.86. The maximum Gasteiger partial charge on any atom is 0.244 e. The van der Waals surface area contributed by atoms with Crippen LogP contribution in [0.4, 0.5) is 0 Å². The van der Waals surface area contributed by atoms with Crippen molar-refractivity contribution >= 4 is 10.0 Å². The van der Waals surface area contributed by atoms with Crippen molar-refractivity contribution in [1.82, 2.24) is 8.87 Å². The molecule has 1 aliphatic carbocycles. The second-order valence-electron chi connectivity index (χ2n) is 4.71. The van der Waals surface area contributed by atoms with Crippen molar-refractivity contribution in [3.63, 3.8) is 0 Å². The van der Waals surface area contributed by atoms with E-state index in [2.05, 4.69) is 0 Å². The molecule has 1 aromatic heterocycles. The van der Waals surface area contributed by atoms with E-state index in [0.29, 0.717) is 23.9 Å². The molecule has 2 rings (SSSR count). The summed E-state index contributed by atoms with van der Waals surface area (Å²) in [4.78, 5) is 0.337. The first kappa shape index (κ1) is 12.6. The normalized spacial score (nSPS) is 16.7. The molecule has 0 saturated heterocycles. The van der Waals surface area contributed by atoms with Gasteiger partial charge in [-0.05, 0) is 24.8 Å². The number of nitrogens with zero attached hydrogens (tertiary/aromatic N) is 2. The number of aryl methyl sites for hydroxylation is 1. The summed E-state index contributed by atoms with van der Waals surface area (Å²) in [6, 6.07) is 1.65. The van der Waals surface area contributed by atoms with Crippen LogP contribution in [0.1, 0.15) is 18.5 Å². The highest BCUT2D eigenvalue weighted by Crippen LogP contribution is 2.31. The van der Waals surface area contributed by atoms with E-state index in [4.69, 9.17) is 5.73 Å². The van der Waals surface area contributed by atoms with E-state index in [1.807, 2.05) is 7.05 Å². The molecule has 96 valence electrons. The Balaban J connectivity index is 2.23. The lowest BCUT2D eigenvalue weighted by molar-refractivity contribution is 0.453. The fraction of sp³-hybridized carbons (Fsp3) is 0.636. The van der Waals surface area contributed by atoms with Crippen LogP contribution < -0.4 is 5.73 Å². The Hall–Kier alpha value is -0.850. The minimum absolute atomic E-state index is 0.337. The van der Waals surface area contributed by atoms with Crippen molar-refractivity contribution in [2.45, 2.75) is 24.3 Å².